The second-order valence-corrected chi connectivity index (χ2v) is 3.56. The largest absolute Gasteiger partial charge is 0.495 e. The second kappa shape index (κ2) is 4.25. The molecule has 2 rings (SSSR count). The average molecular weight is 257 g/mol. The minimum atomic E-state index is -4.42. The summed E-state index contributed by atoms with van der Waals surface area (Å²) in [6.45, 7) is 0. The Balaban J connectivity index is 2.47. The van der Waals surface area contributed by atoms with Crippen molar-refractivity contribution in [3.63, 3.8) is 0 Å². The highest BCUT2D eigenvalue weighted by Crippen LogP contribution is 2.31. The van der Waals surface area contributed by atoms with Crippen LogP contribution in [0.15, 0.2) is 30.6 Å². The van der Waals surface area contributed by atoms with Crippen molar-refractivity contribution in [2.45, 2.75) is 6.18 Å². The lowest BCUT2D eigenvalue weighted by molar-refractivity contribution is -0.137. The molecule has 18 heavy (non-hydrogen) atoms. The fraction of sp³-hybridized carbons (Fsp3) is 0.182. The molecule has 0 radical (unpaired) electrons. The first-order chi connectivity index (χ1) is 8.43. The third kappa shape index (κ3) is 2.11. The van der Waals surface area contributed by atoms with Crippen LogP contribution >= 0.6 is 0 Å². The molecule has 2 aromatic rings. The number of hydrogen-bond acceptors (Lipinski definition) is 3. The van der Waals surface area contributed by atoms with E-state index in [0.29, 0.717) is 11.4 Å². The quantitative estimate of drug-likeness (QED) is 0.841. The molecule has 0 saturated carbocycles. The summed E-state index contributed by atoms with van der Waals surface area (Å²) < 4.78 is 43.4. The minimum absolute atomic E-state index is 0.233. The molecule has 1 aromatic heterocycles. The number of halogens is 3. The Morgan fingerprint density at radius 2 is 2.06 bits per heavy atom. The zero-order valence-corrected chi connectivity index (χ0v) is 9.40. The van der Waals surface area contributed by atoms with Crippen LogP contribution in [0.4, 0.5) is 18.9 Å². The van der Waals surface area contributed by atoms with Gasteiger partial charge in [0.25, 0.3) is 0 Å². The summed E-state index contributed by atoms with van der Waals surface area (Å²) in [7, 11) is 1.43. The number of methoxy groups -OCH3 is 1. The van der Waals surface area contributed by atoms with Gasteiger partial charge in [-0.25, -0.2) is 4.68 Å². The van der Waals surface area contributed by atoms with Gasteiger partial charge in [-0.2, -0.15) is 18.3 Å². The zero-order valence-electron chi connectivity index (χ0n) is 9.40. The molecule has 0 saturated heterocycles. The molecule has 7 heteroatoms. The van der Waals surface area contributed by atoms with Crippen molar-refractivity contribution in [2.75, 3.05) is 12.8 Å². The van der Waals surface area contributed by atoms with E-state index in [2.05, 4.69) is 5.10 Å². The molecule has 0 aliphatic heterocycles. The summed E-state index contributed by atoms with van der Waals surface area (Å²) in [4.78, 5) is 0. The maximum Gasteiger partial charge on any atom is 0.419 e. The Morgan fingerprint density at radius 1 is 1.33 bits per heavy atom. The van der Waals surface area contributed by atoms with Gasteiger partial charge >= 0.3 is 6.18 Å². The predicted octanol–water partition coefficient (Wildman–Crippen LogP) is 2.48. The molecule has 1 heterocycles. The lowest BCUT2D eigenvalue weighted by Gasteiger charge is -2.09. The molecule has 0 fully saturated rings. The van der Waals surface area contributed by atoms with E-state index in [1.165, 1.54) is 7.11 Å². The number of anilines is 1. The summed E-state index contributed by atoms with van der Waals surface area (Å²) in [5.74, 6) is 0.386. The SMILES string of the molecule is COc1cccc(-n2cc(C(F)(F)F)cn2)c1N. The molecule has 96 valence electrons. The van der Waals surface area contributed by atoms with Crippen molar-refractivity contribution in [1.29, 1.82) is 0 Å². The average Bonchev–Trinajstić information content (AvgIpc) is 2.78. The van der Waals surface area contributed by atoms with E-state index < -0.39 is 11.7 Å². The number of nitrogen functional groups attached to an aromatic ring is 1. The first-order valence-corrected chi connectivity index (χ1v) is 4.98. The third-order valence-corrected chi connectivity index (χ3v) is 2.42. The molecule has 0 atom stereocenters. The van der Waals surface area contributed by atoms with E-state index in [0.717, 1.165) is 17.1 Å². The highest BCUT2D eigenvalue weighted by Gasteiger charge is 2.32. The summed E-state index contributed by atoms with van der Waals surface area (Å²) in [5, 5.41) is 3.65. The molecule has 2 N–H and O–H groups in total. The van der Waals surface area contributed by atoms with Gasteiger partial charge < -0.3 is 10.5 Å². The molecule has 0 unspecified atom stereocenters. The van der Waals surface area contributed by atoms with Gasteiger partial charge in [0.1, 0.15) is 11.4 Å². The van der Waals surface area contributed by atoms with Crippen LogP contribution in [0.25, 0.3) is 5.69 Å². The predicted molar refractivity (Wildman–Crippen MR) is 59.5 cm³/mol. The highest BCUT2D eigenvalue weighted by atomic mass is 19.4. The zero-order chi connectivity index (χ0) is 13.3. The lowest BCUT2D eigenvalue weighted by atomic mass is 10.2. The number of aromatic nitrogens is 2. The molecule has 0 aliphatic carbocycles. The third-order valence-electron chi connectivity index (χ3n) is 2.42. The van der Waals surface area contributed by atoms with E-state index >= 15 is 0 Å². The molecule has 0 aliphatic rings. The lowest BCUT2D eigenvalue weighted by Crippen LogP contribution is -2.04. The summed E-state index contributed by atoms with van der Waals surface area (Å²) in [6.07, 6.45) is -2.80. The van der Waals surface area contributed by atoms with Gasteiger partial charge in [0.15, 0.2) is 0 Å². The van der Waals surface area contributed by atoms with Crippen molar-refractivity contribution < 1.29 is 17.9 Å². The second-order valence-electron chi connectivity index (χ2n) is 3.56. The van der Waals surface area contributed by atoms with Gasteiger partial charge in [0.2, 0.25) is 0 Å². The van der Waals surface area contributed by atoms with E-state index in [9.17, 15) is 13.2 Å². The van der Waals surface area contributed by atoms with E-state index in [-0.39, 0.29) is 5.69 Å². The molecule has 1 aromatic carbocycles. The van der Waals surface area contributed by atoms with Crippen molar-refractivity contribution in [1.82, 2.24) is 9.78 Å². The van der Waals surface area contributed by atoms with Crippen molar-refractivity contribution >= 4 is 5.69 Å². The molecule has 0 spiro atoms. The van der Waals surface area contributed by atoms with E-state index in [1.807, 2.05) is 0 Å². The Morgan fingerprint density at radius 3 is 2.61 bits per heavy atom. The maximum atomic E-state index is 12.5. The Kier molecular flexibility index (Phi) is 2.90. The van der Waals surface area contributed by atoms with E-state index in [1.54, 1.807) is 18.2 Å². The number of para-hydroxylation sites is 1. The van der Waals surface area contributed by atoms with Gasteiger partial charge in [0, 0.05) is 6.20 Å². The van der Waals surface area contributed by atoms with Crippen LogP contribution < -0.4 is 10.5 Å². The van der Waals surface area contributed by atoms with Gasteiger partial charge in [-0.15, -0.1) is 0 Å². The number of hydrogen-bond donors (Lipinski definition) is 1. The topological polar surface area (TPSA) is 53.1 Å². The standard InChI is InChI=1S/C11H10F3N3O/c1-18-9-4-2-3-8(10(9)15)17-6-7(5-16-17)11(12,13)14/h2-6H,15H2,1H3. The summed E-state index contributed by atoms with van der Waals surface area (Å²) in [6, 6.07) is 4.80. The van der Waals surface area contributed by atoms with Crippen molar-refractivity contribution in [2.24, 2.45) is 0 Å². The molecule has 0 amide bonds. The van der Waals surface area contributed by atoms with Crippen molar-refractivity contribution in [3.05, 3.63) is 36.2 Å². The number of rotatable bonds is 2. The van der Waals surface area contributed by atoms with Gasteiger partial charge in [0.05, 0.1) is 24.6 Å². The maximum absolute atomic E-state index is 12.5. The van der Waals surface area contributed by atoms with Crippen LogP contribution in [0.5, 0.6) is 5.75 Å². The van der Waals surface area contributed by atoms with Crippen LogP contribution in [0.2, 0.25) is 0 Å². The molecule has 4 nitrogen and oxygen atoms in total. The monoisotopic (exact) mass is 257 g/mol. The smallest absolute Gasteiger partial charge is 0.419 e. The van der Waals surface area contributed by atoms with Crippen LogP contribution in [0.1, 0.15) is 5.56 Å². The van der Waals surface area contributed by atoms with Gasteiger partial charge in [-0.3, -0.25) is 0 Å². The Bertz CT molecular complexity index is 563. The number of alkyl halides is 3. The first kappa shape index (κ1) is 12.3. The molecule has 0 bridgehead atoms. The number of nitrogens with two attached hydrogens (primary N) is 1. The first-order valence-electron chi connectivity index (χ1n) is 4.98. The number of nitrogens with zero attached hydrogens (tertiary/aromatic N) is 2. The van der Waals surface area contributed by atoms with Gasteiger partial charge in [-0.1, -0.05) is 6.07 Å². The van der Waals surface area contributed by atoms with Gasteiger partial charge in [-0.05, 0) is 12.1 Å². The Hall–Kier alpha value is -2.18. The van der Waals surface area contributed by atoms with Crippen molar-refractivity contribution in [3.8, 4) is 11.4 Å². The summed E-state index contributed by atoms with van der Waals surface area (Å²) >= 11 is 0. The summed E-state index contributed by atoms with van der Waals surface area (Å²) in [5.41, 5.74) is 5.52. The number of benzene rings is 1. The number of ether oxygens (including phenoxy) is 1. The molecular formula is C11H10F3N3O. The van der Waals surface area contributed by atoms with Crippen LogP contribution in [0.3, 0.4) is 0 Å². The van der Waals surface area contributed by atoms with Crippen LogP contribution in [-0.4, -0.2) is 16.9 Å². The fourth-order valence-electron chi connectivity index (χ4n) is 1.51. The Labute approximate surface area is 101 Å². The minimum Gasteiger partial charge on any atom is -0.495 e. The highest BCUT2D eigenvalue weighted by molar-refractivity contribution is 5.66. The fourth-order valence-corrected chi connectivity index (χ4v) is 1.51. The van der Waals surface area contributed by atoms with Crippen LogP contribution in [-0.2, 0) is 6.18 Å². The molecular weight excluding hydrogens is 247 g/mol. The normalized spacial score (nSPS) is 11.6. The van der Waals surface area contributed by atoms with Crippen LogP contribution in [0, 0.1) is 0 Å². The van der Waals surface area contributed by atoms with E-state index in [4.69, 9.17) is 10.5 Å².